The molecule has 21 heavy (non-hydrogen) atoms. The van der Waals surface area contributed by atoms with Crippen molar-refractivity contribution in [1.29, 1.82) is 0 Å². The van der Waals surface area contributed by atoms with Crippen LogP contribution in [-0.4, -0.2) is 31.8 Å². The van der Waals surface area contributed by atoms with Crippen LogP contribution < -0.4 is 24.8 Å². The van der Waals surface area contributed by atoms with Crippen LogP contribution in [0.25, 0.3) is 0 Å². The number of imide groups is 1. The number of amides is 2. The molecule has 3 rings (SSSR count). The zero-order valence-corrected chi connectivity index (χ0v) is 11.6. The topological polar surface area (TPSA) is 85.9 Å². The second-order valence-electron chi connectivity index (χ2n) is 4.92. The van der Waals surface area contributed by atoms with Crippen LogP contribution in [0.15, 0.2) is 12.1 Å². The summed E-state index contributed by atoms with van der Waals surface area (Å²) >= 11 is 0. The molecule has 0 saturated carbocycles. The molecule has 1 saturated heterocycles. The largest absolute Gasteiger partial charge is 0.493 e. The monoisotopic (exact) mass is 292 g/mol. The number of carbonyl (C=O) groups is 2. The molecule has 2 N–H and O–H groups in total. The first-order valence-electron chi connectivity index (χ1n) is 6.71. The summed E-state index contributed by atoms with van der Waals surface area (Å²) in [6.45, 7) is 0.648. The van der Waals surface area contributed by atoms with Crippen LogP contribution in [0.2, 0.25) is 0 Å². The summed E-state index contributed by atoms with van der Waals surface area (Å²) in [5.41, 5.74) is 0.917. The van der Waals surface area contributed by atoms with E-state index in [-0.39, 0.29) is 24.6 Å². The minimum Gasteiger partial charge on any atom is -0.493 e. The second kappa shape index (κ2) is 5.61. The Morgan fingerprint density at radius 3 is 3.00 bits per heavy atom. The third kappa shape index (κ3) is 2.78. The number of rotatable bonds is 4. The lowest BCUT2D eigenvalue weighted by Crippen LogP contribution is -2.50. The maximum atomic E-state index is 11.7. The molecule has 0 aliphatic carbocycles. The molecule has 1 fully saturated rings. The van der Waals surface area contributed by atoms with Crippen LogP contribution in [0, 0.1) is 0 Å². The first kappa shape index (κ1) is 13.7. The summed E-state index contributed by atoms with van der Waals surface area (Å²) in [6, 6.07) is 3.33. The Kier molecular flexibility index (Phi) is 3.66. The van der Waals surface area contributed by atoms with Crippen LogP contribution in [-0.2, 0) is 16.1 Å². The maximum absolute atomic E-state index is 11.7. The minimum atomic E-state index is -0.362. The number of fused-ring (bicyclic) bond motifs is 1. The van der Waals surface area contributed by atoms with Gasteiger partial charge in [0.2, 0.25) is 24.4 Å². The molecule has 1 aromatic carbocycles. The van der Waals surface area contributed by atoms with Crippen molar-refractivity contribution in [2.75, 3.05) is 13.9 Å². The number of carbonyl (C=O) groups excluding carboxylic acids is 2. The molecule has 112 valence electrons. The number of nitrogens with one attached hydrogen (secondary N) is 2. The lowest BCUT2D eigenvalue weighted by molar-refractivity contribution is -0.134. The highest BCUT2D eigenvalue weighted by Crippen LogP contribution is 2.41. The van der Waals surface area contributed by atoms with Crippen molar-refractivity contribution in [3.63, 3.8) is 0 Å². The number of benzene rings is 1. The van der Waals surface area contributed by atoms with E-state index in [0.29, 0.717) is 36.6 Å². The van der Waals surface area contributed by atoms with E-state index < -0.39 is 0 Å². The van der Waals surface area contributed by atoms with Gasteiger partial charge in [-0.15, -0.1) is 0 Å². The quantitative estimate of drug-likeness (QED) is 0.777. The third-order valence-electron chi connectivity index (χ3n) is 3.51. The van der Waals surface area contributed by atoms with Crippen molar-refractivity contribution in [1.82, 2.24) is 10.6 Å². The average Bonchev–Trinajstić information content (AvgIpc) is 2.93. The maximum Gasteiger partial charge on any atom is 0.243 e. The Hall–Kier alpha value is -2.28. The number of hydrogen-bond acceptors (Lipinski definition) is 6. The van der Waals surface area contributed by atoms with Crippen molar-refractivity contribution >= 4 is 11.8 Å². The zero-order chi connectivity index (χ0) is 14.8. The fourth-order valence-corrected chi connectivity index (χ4v) is 2.42. The molecule has 2 amide bonds. The van der Waals surface area contributed by atoms with Gasteiger partial charge in [-0.25, -0.2) is 0 Å². The molecule has 1 atom stereocenters. The number of piperidine rings is 1. The molecule has 2 aliphatic rings. The molecular weight excluding hydrogens is 276 g/mol. The van der Waals surface area contributed by atoms with E-state index in [1.807, 2.05) is 12.1 Å². The van der Waals surface area contributed by atoms with E-state index in [2.05, 4.69) is 10.6 Å². The third-order valence-corrected chi connectivity index (χ3v) is 3.51. The Balaban J connectivity index is 1.68. The Morgan fingerprint density at radius 2 is 2.24 bits per heavy atom. The Labute approximate surface area is 121 Å². The molecule has 0 aromatic heterocycles. The van der Waals surface area contributed by atoms with E-state index in [1.165, 1.54) is 0 Å². The van der Waals surface area contributed by atoms with Gasteiger partial charge in [0.1, 0.15) is 0 Å². The fourth-order valence-electron chi connectivity index (χ4n) is 2.42. The highest BCUT2D eigenvalue weighted by Gasteiger charge is 2.26. The van der Waals surface area contributed by atoms with Gasteiger partial charge >= 0.3 is 0 Å². The summed E-state index contributed by atoms with van der Waals surface area (Å²) in [6.07, 6.45) is 0.861. The predicted molar refractivity (Wildman–Crippen MR) is 72.1 cm³/mol. The van der Waals surface area contributed by atoms with Crippen molar-refractivity contribution in [2.24, 2.45) is 0 Å². The molecule has 0 radical (unpaired) electrons. The van der Waals surface area contributed by atoms with Gasteiger partial charge in [-0.05, 0) is 24.1 Å². The lowest BCUT2D eigenvalue weighted by atomic mass is 10.1. The molecular formula is C14H16N2O5. The van der Waals surface area contributed by atoms with Crippen molar-refractivity contribution < 1.29 is 23.8 Å². The molecule has 7 heteroatoms. The first-order valence-corrected chi connectivity index (χ1v) is 6.71. The standard InChI is InChI=1S/C14H16N2O5/c1-19-10-4-8(5-11-13(10)21-7-20-11)6-15-9-2-3-12(17)16-14(9)18/h4-5,9,15H,2-3,6-7H2,1H3,(H,16,17,18). The van der Waals surface area contributed by atoms with Crippen LogP contribution >= 0.6 is 0 Å². The highest BCUT2D eigenvalue weighted by atomic mass is 16.7. The predicted octanol–water partition coefficient (Wildman–Crippen LogP) is 0.319. The summed E-state index contributed by atoms with van der Waals surface area (Å²) in [4.78, 5) is 22.8. The van der Waals surface area contributed by atoms with Gasteiger partial charge in [-0.1, -0.05) is 0 Å². The van der Waals surface area contributed by atoms with Gasteiger partial charge in [-0.2, -0.15) is 0 Å². The van der Waals surface area contributed by atoms with Crippen molar-refractivity contribution in [3.8, 4) is 17.2 Å². The van der Waals surface area contributed by atoms with Gasteiger partial charge in [0, 0.05) is 13.0 Å². The highest BCUT2D eigenvalue weighted by molar-refractivity contribution is 6.00. The van der Waals surface area contributed by atoms with E-state index in [4.69, 9.17) is 14.2 Å². The fraction of sp³-hybridized carbons (Fsp3) is 0.429. The van der Waals surface area contributed by atoms with Gasteiger partial charge in [0.15, 0.2) is 11.5 Å². The van der Waals surface area contributed by atoms with Crippen LogP contribution in [0.3, 0.4) is 0 Å². The molecule has 1 aromatic rings. The van der Waals surface area contributed by atoms with Gasteiger partial charge in [-0.3, -0.25) is 14.9 Å². The van der Waals surface area contributed by atoms with Crippen molar-refractivity contribution in [3.05, 3.63) is 17.7 Å². The van der Waals surface area contributed by atoms with E-state index >= 15 is 0 Å². The van der Waals surface area contributed by atoms with E-state index in [1.54, 1.807) is 7.11 Å². The molecule has 1 unspecified atom stereocenters. The molecule has 0 bridgehead atoms. The Bertz CT molecular complexity index is 587. The van der Waals surface area contributed by atoms with Gasteiger partial charge in [0.25, 0.3) is 0 Å². The number of hydrogen-bond donors (Lipinski definition) is 2. The second-order valence-corrected chi connectivity index (χ2v) is 4.92. The summed E-state index contributed by atoms with van der Waals surface area (Å²) in [7, 11) is 1.56. The number of ether oxygens (including phenoxy) is 3. The summed E-state index contributed by atoms with van der Waals surface area (Å²) < 4.78 is 16.0. The SMILES string of the molecule is COc1cc(CNC2CCC(=O)NC2=O)cc2c1OCO2. The van der Waals surface area contributed by atoms with Crippen LogP contribution in [0.4, 0.5) is 0 Å². The minimum absolute atomic E-state index is 0.176. The summed E-state index contributed by atoms with van der Waals surface area (Å²) in [5.74, 6) is 1.34. The summed E-state index contributed by atoms with van der Waals surface area (Å²) in [5, 5.41) is 5.45. The normalized spacial score (nSPS) is 20.3. The smallest absolute Gasteiger partial charge is 0.243 e. The average molecular weight is 292 g/mol. The van der Waals surface area contributed by atoms with Crippen LogP contribution in [0.1, 0.15) is 18.4 Å². The lowest BCUT2D eigenvalue weighted by Gasteiger charge is -2.22. The molecule has 2 heterocycles. The van der Waals surface area contributed by atoms with Gasteiger partial charge in [0.05, 0.1) is 13.2 Å². The Morgan fingerprint density at radius 1 is 1.38 bits per heavy atom. The molecule has 7 nitrogen and oxygen atoms in total. The molecule has 0 spiro atoms. The van der Waals surface area contributed by atoms with Gasteiger partial charge < -0.3 is 19.5 Å². The van der Waals surface area contributed by atoms with Crippen molar-refractivity contribution in [2.45, 2.75) is 25.4 Å². The van der Waals surface area contributed by atoms with E-state index in [9.17, 15) is 9.59 Å². The van der Waals surface area contributed by atoms with E-state index in [0.717, 1.165) is 5.56 Å². The van der Waals surface area contributed by atoms with Crippen LogP contribution in [0.5, 0.6) is 17.2 Å². The zero-order valence-electron chi connectivity index (χ0n) is 11.6. The molecule has 2 aliphatic heterocycles. The number of methoxy groups -OCH3 is 1. The first-order chi connectivity index (χ1) is 10.2.